The number of amides is 2. The largest absolute Gasteiger partial charge is 0.480 e. The van der Waals surface area contributed by atoms with Crippen molar-refractivity contribution in [3.63, 3.8) is 0 Å². The van der Waals surface area contributed by atoms with Crippen LogP contribution in [0.2, 0.25) is 0 Å². The molecular weight excluding hydrogens is 220 g/mol. The molecule has 0 aromatic carbocycles. The molecule has 0 aliphatic carbocycles. The molecule has 0 aliphatic heterocycles. The summed E-state index contributed by atoms with van der Waals surface area (Å²) >= 11 is 0. The maximum atomic E-state index is 11.6. The highest BCUT2D eigenvalue weighted by atomic mass is 16.4. The second-order valence-corrected chi connectivity index (χ2v) is 5.51. The van der Waals surface area contributed by atoms with Gasteiger partial charge in [0.05, 0.1) is 5.54 Å². The van der Waals surface area contributed by atoms with Crippen LogP contribution in [0.1, 0.15) is 34.6 Å². The van der Waals surface area contributed by atoms with Crippen molar-refractivity contribution >= 4 is 12.0 Å². The highest BCUT2D eigenvalue weighted by molar-refractivity contribution is 5.83. The van der Waals surface area contributed by atoms with E-state index in [-0.39, 0.29) is 0 Å². The average Bonchev–Trinajstić information content (AvgIpc) is 2.11. The minimum Gasteiger partial charge on any atom is -0.480 e. The monoisotopic (exact) mass is 240 g/mol. The summed E-state index contributed by atoms with van der Waals surface area (Å²) < 4.78 is 0. The fourth-order valence-corrected chi connectivity index (χ4v) is 1.14. The lowest BCUT2D eigenvalue weighted by atomic mass is 9.87. The molecule has 5 nitrogen and oxygen atoms in total. The number of carboxylic acids is 1. The number of hydrogen-bond donors (Lipinski definition) is 3. The molecule has 0 heterocycles. The Hall–Kier alpha value is -1.70. The Labute approximate surface area is 102 Å². The van der Waals surface area contributed by atoms with E-state index in [0.29, 0.717) is 0 Å². The molecule has 0 rings (SSSR count). The smallest absolute Gasteiger partial charge is 0.326 e. The SMILES string of the molecule is C#CC(C)(C)NC(=O)NC(C(=O)O)C(C)(C)C. The molecule has 1 atom stereocenters. The molecule has 0 saturated carbocycles. The first kappa shape index (κ1) is 15.3. The summed E-state index contributed by atoms with van der Waals surface area (Å²) in [6.45, 7) is 8.51. The normalized spacial score (nSPS) is 13.4. The Morgan fingerprint density at radius 1 is 1.24 bits per heavy atom. The maximum absolute atomic E-state index is 11.6. The summed E-state index contributed by atoms with van der Waals surface area (Å²) in [5, 5.41) is 13.9. The van der Waals surface area contributed by atoms with Gasteiger partial charge in [0, 0.05) is 0 Å². The maximum Gasteiger partial charge on any atom is 0.326 e. The fourth-order valence-electron chi connectivity index (χ4n) is 1.14. The number of carbonyl (C=O) groups excluding carboxylic acids is 1. The molecule has 17 heavy (non-hydrogen) atoms. The summed E-state index contributed by atoms with van der Waals surface area (Å²) in [5.74, 6) is 1.32. The first-order valence-electron chi connectivity index (χ1n) is 5.29. The summed E-state index contributed by atoms with van der Waals surface area (Å²) in [5.41, 5.74) is -1.39. The zero-order valence-corrected chi connectivity index (χ0v) is 10.9. The second-order valence-electron chi connectivity index (χ2n) is 5.51. The zero-order chi connectivity index (χ0) is 13.9. The van der Waals surface area contributed by atoms with E-state index in [2.05, 4.69) is 16.6 Å². The van der Waals surface area contributed by atoms with Crippen LogP contribution in [-0.2, 0) is 4.79 Å². The van der Waals surface area contributed by atoms with E-state index < -0.39 is 29.0 Å². The predicted octanol–water partition coefficient (Wildman–Crippen LogP) is 1.20. The Bertz CT molecular complexity index is 348. The van der Waals surface area contributed by atoms with Crippen LogP contribution in [0.3, 0.4) is 0 Å². The van der Waals surface area contributed by atoms with Gasteiger partial charge in [-0.3, -0.25) is 0 Å². The molecule has 2 amide bonds. The van der Waals surface area contributed by atoms with Gasteiger partial charge < -0.3 is 15.7 Å². The third kappa shape index (κ3) is 5.25. The van der Waals surface area contributed by atoms with Gasteiger partial charge in [-0.1, -0.05) is 26.7 Å². The van der Waals surface area contributed by atoms with Crippen LogP contribution in [-0.4, -0.2) is 28.7 Å². The van der Waals surface area contributed by atoms with Crippen LogP contribution in [0.15, 0.2) is 0 Å². The lowest BCUT2D eigenvalue weighted by Gasteiger charge is -2.29. The van der Waals surface area contributed by atoms with Gasteiger partial charge in [-0.05, 0) is 19.3 Å². The van der Waals surface area contributed by atoms with Gasteiger partial charge in [-0.15, -0.1) is 6.42 Å². The topological polar surface area (TPSA) is 78.4 Å². The number of aliphatic carboxylic acids is 1. The third-order valence-electron chi connectivity index (χ3n) is 2.18. The number of urea groups is 1. The number of carbonyl (C=O) groups is 2. The second kappa shape index (κ2) is 5.09. The van der Waals surface area contributed by atoms with Crippen LogP contribution in [0, 0.1) is 17.8 Å². The van der Waals surface area contributed by atoms with Crippen molar-refractivity contribution < 1.29 is 14.7 Å². The molecule has 0 spiro atoms. The Morgan fingerprint density at radius 3 is 2.00 bits per heavy atom. The Morgan fingerprint density at radius 2 is 1.71 bits per heavy atom. The van der Waals surface area contributed by atoms with E-state index in [1.165, 1.54) is 0 Å². The highest BCUT2D eigenvalue weighted by Crippen LogP contribution is 2.19. The molecule has 96 valence electrons. The number of terminal acetylenes is 1. The van der Waals surface area contributed by atoms with Crippen molar-refractivity contribution in [1.82, 2.24) is 10.6 Å². The van der Waals surface area contributed by atoms with Crippen LogP contribution in [0.5, 0.6) is 0 Å². The van der Waals surface area contributed by atoms with E-state index in [1.54, 1.807) is 34.6 Å². The van der Waals surface area contributed by atoms with Gasteiger partial charge >= 0.3 is 12.0 Å². The van der Waals surface area contributed by atoms with Gasteiger partial charge in [0.15, 0.2) is 0 Å². The average molecular weight is 240 g/mol. The minimum absolute atomic E-state index is 0.580. The number of rotatable bonds is 3. The van der Waals surface area contributed by atoms with Gasteiger partial charge in [-0.2, -0.15) is 0 Å². The van der Waals surface area contributed by atoms with Crippen molar-refractivity contribution in [2.75, 3.05) is 0 Å². The van der Waals surface area contributed by atoms with Gasteiger partial charge in [0.25, 0.3) is 0 Å². The number of carboxylic acid groups (broad SMARTS) is 1. The highest BCUT2D eigenvalue weighted by Gasteiger charge is 2.33. The molecule has 0 radical (unpaired) electrons. The Kier molecular flexibility index (Phi) is 4.58. The first-order valence-corrected chi connectivity index (χ1v) is 5.29. The molecular formula is C12H20N2O3. The van der Waals surface area contributed by atoms with Crippen molar-refractivity contribution in [2.45, 2.75) is 46.2 Å². The van der Waals surface area contributed by atoms with Crippen molar-refractivity contribution in [3.05, 3.63) is 0 Å². The zero-order valence-electron chi connectivity index (χ0n) is 10.9. The van der Waals surface area contributed by atoms with Crippen molar-refractivity contribution in [1.29, 1.82) is 0 Å². The quantitative estimate of drug-likeness (QED) is 0.648. The molecule has 0 saturated heterocycles. The molecule has 0 bridgehead atoms. The minimum atomic E-state index is -1.08. The van der Waals surface area contributed by atoms with Crippen LogP contribution in [0.4, 0.5) is 4.79 Å². The molecule has 5 heteroatoms. The predicted molar refractivity (Wildman–Crippen MR) is 65.5 cm³/mol. The van der Waals surface area contributed by atoms with Crippen molar-refractivity contribution in [3.8, 4) is 12.3 Å². The molecule has 0 aromatic heterocycles. The van der Waals surface area contributed by atoms with E-state index in [1.807, 2.05) is 0 Å². The van der Waals surface area contributed by atoms with E-state index >= 15 is 0 Å². The van der Waals surface area contributed by atoms with Gasteiger partial charge in [0.1, 0.15) is 6.04 Å². The van der Waals surface area contributed by atoms with E-state index in [0.717, 1.165) is 0 Å². The van der Waals surface area contributed by atoms with Crippen LogP contribution in [0.25, 0.3) is 0 Å². The first-order chi connectivity index (χ1) is 7.49. The Balaban J connectivity index is 4.67. The molecule has 0 aliphatic rings. The molecule has 1 unspecified atom stereocenters. The summed E-state index contributed by atoms with van der Waals surface area (Å²) in [6, 6.07) is -1.56. The van der Waals surface area contributed by atoms with E-state index in [9.17, 15) is 9.59 Å². The van der Waals surface area contributed by atoms with Crippen molar-refractivity contribution in [2.24, 2.45) is 5.41 Å². The lowest BCUT2D eigenvalue weighted by molar-refractivity contribution is -0.141. The molecule has 0 fully saturated rings. The molecule has 0 aromatic rings. The lowest BCUT2D eigenvalue weighted by Crippen LogP contribution is -2.55. The van der Waals surface area contributed by atoms with E-state index in [4.69, 9.17) is 11.5 Å². The number of nitrogens with one attached hydrogen (secondary N) is 2. The summed E-state index contributed by atoms with van der Waals surface area (Å²) in [7, 11) is 0. The van der Waals surface area contributed by atoms with Gasteiger partial charge in [-0.25, -0.2) is 9.59 Å². The molecule has 3 N–H and O–H groups in total. The third-order valence-corrected chi connectivity index (χ3v) is 2.18. The van der Waals surface area contributed by atoms with Gasteiger partial charge in [0.2, 0.25) is 0 Å². The standard InChI is InChI=1S/C12H20N2O3/c1-7-12(5,6)14-10(17)13-8(9(15)16)11(2,3)4/h1,8H,2-6H3,(H,15,16)(H2,13,14,17). The van der Waals surface area contributed by atoms with Crippen LogP contribution >= 0.6 is 0 Å². The summed E-state index contributed by atoms with van der Waals surface area (Å²) in [6.07, 6.45) is 5.22. The number of hydrogen-bond acceptors (Lipinski definition) is 2. The fraction of sp³-hybridized carbons (Fsp3) is 0.667. The van der Waals surface area contributed by atoms with Crippen LogP contribution < -0.4 is 10.6 Å². The summed E-state index contributed by atoms with van der Waals surface area (Å²) in [4.78, 5) is 22.6.